The lowest BCUT2D eigenvalue weighted by Crippen LogP contribution is -2.37. The Balaban J connectivity index is 1.70. The summed E-state index contributed by atoms with van der Waals surface area (Å²) in [7, 11) is 0. The van der Waals surface area contributed by atoms with Crippen LogP contribution in [0.1, 0.15) is 28.5 Å². The first-order valence-corrected chi connectivity index (χ1v) is 11.2. The minimum Gasteiger partial charge on any atom is -0.465 e. The second kappa shape index (κ2) is 9.96. The van der Waals surface area contributed by atoms with Gasteiger partial charge in [0.15, 0.2) is 0 Å². The van der Waals surface area contributed by atoms with Crippen LogP contribution in [0.2, 0.25) is 0 Å². The monoisotopic (exact) mass is 505 g/mol. The SMILES string of the molecule is O=C(O)N[C@@H](CO)CC(c1ccc(C(F)(F)F)cc1)c1ncc(-c2ccc3cnc(F)cc3c2)s1. The molecule has 0 radical (unpaired) electrons. The number of aromatic nitrogens is 2. The highest BCUT2D eigenvalue weighted by Crippen LogP contribution is 2.38. The van der Waals surface area contributed by atoms with Crippen molar-refractivity contribution in [3.63, 3.8) is 0 Å². The van der Waals surface area contributed by atoms with Crippen LogP contribution < -0.4 is 5.32 Å². The summed E-state index contributed by atoms with van der Waals surface area (Å²) in [6.45, 7) is -0.494. The van der Waals surface area contributed by atoms with E-state index in [4.69, 9.17) is 5.11 Å². The van der Waals surface area contributed by atoms with Crippen LogP contribution >= 0.6 is 11.3 Å². The number of amides is 1. The molecule has 4 rings (SSSR count). The van der Waals surface area contributed by atoms with E-state index >= 15 is 0 Å². The number of nitrogens with zero attached hydrogens (tertiary/aromatic N) is 2. The Morgan fingerprint density at radius 2 is 1.77 bits per heavy atom. The standard InChI is InChI=1S/C24H19F4N3O3S/c25-21-8-16-7-14(1-2-15(16)10-29-21)20-11-30-22(35-20)19(9-18(12-32)31-23(33)34)13-3-5-17(6-4-13)24(26,27)28/h1-8,10-11,18-19,31-32H,9,12H2,(H,33,34)/t18-,19?/m1/s1. The van der Waals surface area contributed by atoms with Crippen molar-refractivity contribution in [3.8, 4) is 10.4 Å². The number of carbonyl (C=O) groups is 1. The number of benzene rings is 2. The Kier molecular flexibility index (Phi) is 6.99. The second-order valence-corrected chi connectivity index (χ2v) is 8.93. The molecule has 11 heteroatoms. The van der Waals surface area contributed by atoms with Gasteiger partial charge in [0.1, 0.15) is 5.01 Å². The lowest BCUT2D eigenvalue weighted by Gasteiger charge is -2.21. The molecule has 1 unspecified atom stereocenters. The van der Waals surface area contributed by atoms with E-state index in [1.54, 1.807) is 18.3 Å². The normalized spacial score (nSPS) is 13.5. The van der Waals surface area contributed by atoms with Crippen LogP contribution in [-0.2, 0) is 6.18 Å². The summed E-state index contributed by atoms with van der Waals surface area (Å²) >= 11 is 1.28. The molecule has 4 aromatic rings. The van der Waals surface area contributed by atoms with Crippen molar-refractivity contribution in [3.05, 3.63) is 83.0 Å². The van der Waals surface area contributed by atoms with Crippen molar-refractivity contribution in [2.75, 3.05) is 6.61 Å². The average Bonchev–Trinajstić information content (AvgIpc) is 3.30. The molecule has 2 atom stereocenters. The third kappa shape index (κ3) is 5.75. The zero-order valence-electron chi connectivity index (χ0n) is 18.0. The highest BCUT2D eigenvalue weighted by atomic mass is 32.1. The minimum absolute atomic E-state index is 0.0791. The van der Waals surface area contributed by atoms with Gasteiger partial charge in [-0.15, -0.1) is 11.3 Å². The Morgan fingerprint density at radius 3 is 2.43 bits per heavy atom. The number of aliphatic hydroxyl groups is 1. The molecule has 6 nitrogen and oxygen atoms in total. The van der Waals surface area contributed by atoms with Crippen LogP contribution in [0.3, 0.4) is 0 Å². The molecule has 0 saturated carbocycles. The van der Waals surface area contributed by atoms with E-state index in [9.17, 15) is 27.5 Å². The molecule has 0 bridgehead atoms. The van der Waals surface area contributed by atoms with Gasteiger partial charge in [-0.05, 0) is 41.1 Å². The predicted octanol–water partition coefficient (Wildman–Crippen LogP) is 5.67. The van der Waals surface area contributed by atoms with Crippen molar-refractivity contribution in [2.45, 2.75) is 24.6 Å². The molecule has 3 N–H and O–H groups in total. The summed E-state index contributed by atoms with van der Waals surface area (Å²) in [5, 5.41) is 22.9. The Bertz CT molecular complexity index is 1340. The quantitative estimate of drug-likeness (QED) is 0.222. The number of fused-ring (bicyclic) bond motifs is 1. The van der Waals surface area contributed by atoms with Gasteiger partial charge in [0.05, 0.1) is 23.1 Å². The zero-order valence-corrected chi connectivity index (χ0v) is 18.8. The topological polar surface area (TPSA) is 95.3 Å². The molecular weight excluding hydrogens is 486 g/mol. The number of rotatable bonds is 7. The molecule has 0 aliphatic carbocycles. The van der Waals surface area contributed by atoms with Gasteiger partial charge < -0.3 is 15.5 Å². The number of nitrogens with one attached hydrogen (secondary N) is 1. The maximum atomic E-state index is 13.6. The molecule has 0 saturated heterocycles. The molecule has 0 spiro atoms. The van der Waals surface area contributed by atoms with Gasteiger partial charge >= 0.3 is 12.3 Å². The molecule has 2 aromatic heterocycles. The van der Waals surface area contributed by atoms with Crippen molar-refractivity contribution < 1.29 is 32.6 Å². The smallest absolute Gasteiger partial charge is 0.416 e. The predicted molar refractivity (Wildman–Crippen MR) is 123 cm³/mol. The largest absolute Gasteiger partial charge is 0.465 e. The Hall–Kier alpha value is -3.57. The minimum atomic E-state index is -4.49. The lowest BCUT2D eigenvalue weighted by atomic mass is 9.92. The highest BCUT2D eigenvalue weighted by Gasteiger charge is 2.31. The molecule has 0 aliphatic rings. The Labute approximate surface area is 200 Å². The first-order chi connectivity index (χ1) is 16.6. The van der Waals surface area contributed by atoms with Gasteiger partial charge in [0, 0.05) is 29.8 Å². The number of alkyl halides is 3. The van der Waals surface area contributed by atoms with Crippen molar-refractivity contribution in [1.82, 2.24) is 15.3 Å². The summed E-state index contributed by atoms with van der Waals surface area (Å²) in [4.78, 5) is 19.9. The van der Waals surface area contributed by atoms with E-state index < -0.39 is 42.3 Å². The number of thiazole rings is 1. The van der Waals surface area contributed by atoms with Crippen LogP contribution in [0.25, 0.3) is 21.2 Å². The number of carboxylic acid groups (broad SMARTS) is 1. The lowest BCUT2D eigenvalue weighted by molar-refractivity contribution is -0.137. The van der Waals surface area contributed by atoms with Gasteiger partial charge in [-0.1, -0.05) is 24.3 Å². The fraction of sp³-hybridized carbons (Fsp3) is 0.208. The third-order valence-corrected chi connectivity index (χ3v) is 6.66. The number of pyridine rings is 1. The van der Waals surface area contributed by atoms with E-state index in [0.717, 1.165) is 28.0 Å². The fourth-order valence-electron chi connectivity index (χ4n) is 3.77. The fourth-order valence-corrected chi connectivity index (χ4v) is 4.83. The van der Waals surface area contributed by atoms with Crippen LogP contribution in [0, 0.1) is 5.95 Å². The highest BCUT2D eigenvalue weighted by molar-refractivity contribution is 7.15. The molecule has 182 valence electrons. The van der Waals surface area contributed by atoms with Gasteiger partial charge in [0.2, 0.25) is 5.95 Å². The summed E-state index contributed by atoms with van der Waals surface area (Å²) in [5.74, 6) is -1.19. The molecular formula is C24H19F4N3O3S. The zero-order chi connectivity index (χ0) is 25.2. The molecule has 0 fully saturated rings. The van der Waals surface area contributed by atoms with Crippen LogP contribution in [0.4, 0.5) is 22.4 Å². The Morgan fingerprint density at radius 1 is 1.03 bits per heavy atom. The van der Waals surface area contributed by atoms with Gasteiger partial charge in [-0.3, -0.25) is 0 Å². The number of hydrogen-bond acceptors (Lipinski definition) is 5. The summed E-state index contributed by atoms with van der Waals surface area (Å²) in [5.41, 5.74) is 0.455. The van der Waals surface area contributed by atoms with Crippen molar-refractivity contribution in [1.29, 1.82) is 0 Å². The first kappa shape index (κ1) is 24.6. The summed E-state index contributed by atoms with van der Waals surface area (Å²) in [6, 6.07) is 10.4. The number of hydrogen-bond donors (Lipinski definition) is 3. The maximum Gasteiger partial charge on any atom is 0.416 e. The molecule has 35 heavy (non-hydrogen) atoms. The number of halogens is 4. The number of aliphatic hydroxyl groups excluding tert-OH is 1. The molecule has 0 aliphatic heterocycles. The first-order valence-electron chi connectivity index (χ1n) is 10.4. The van der Waals surface area contributed by atoms with Gasteiger partial charge in [0.25, 0.3) is 0 Å². The van der Waals surface area contributed by atoms with Crippen molar-refractivity contribution >= 4 is 28.2 Å². The van der Waals surface area contributed by atoms with Gasteiger partial charge in [-0.25, -0.2) is 14.8 Å². The van der Waals surface area contributed by atoms with E-state index in [1.165, 1.54) is 35.7 Å². The van der Waals surface area contributed by atoms with Crippen LogP contribution in [-0.4, -0.2) is 38.9 Å². The van der Waals surface area contributed by atoms with Crippen molar-refractivity contribution in [2.24, 2.45) is 0 Å². The third-order valence-electron chi connectivity index (χ3n) is 5.50. The molecule has 2 aromatic carbocycles. The van der Waals surface area contributed by atoms with E-state index in [2.05, 4.69) is 15.3 Å². The van der Waals surface area contributed by atoms with E-state index in [-0.39, 0.29) is 6.42 Å². The summed E-state index contributed by atoms with van der Waals surface area (Å²) < 4.78 is 52.7. The van der Waals surface area contributed by atoms with Crippen LogP contribution in [0.5, 0.6) is 0 Å². The second-order valence-electron chi connectivity index (χ2n) is 7.87. The molecule has 1 amide bonds. The molecule has 2 heterocycles. The maximum absolute atomic E-state index is 13.6. The summed E-state index contributed by atoms with van der Waals surface area (Å²) in [6.07, 6.45) is -2.71. The average molecular weight is 505 g/mol. The van der Waals surface area contributed by atoms with Gasteiger partial charge in [-0.2, -0.15) is 17.6 Å². The van der Waals surface area contributed by atoms with E-state index in [0.29, 0.717) is 16.0 Å². The van der Waals surface area contributed by atoms with E-state index in [1.807, 2.05) is 6.07 Å². The van der Waals surface area contributed by atoms with Crippen LogP contribution in [0.15, 0.2) is 60.9 Å².